The van der Waals surface area contributed by atoms with E-state index < -0.39 is 0 Å². The number of hydrogen-bond acceptors (Lipinski definition) is 6. The second-order valence-electron chi connectivity index (χ2n) is 6.37. The van der Waals surface area contributed by atoms with Crippen LogP contribution >= 0.6 is 11.3 Å². The zero-order valence-electron chi connectivity index (χ0n) is 14.2. The van der Waals surface area contributed by atoms with Gasteiger partial charge in [0.15, 0.2) is 5.82 Å². The van der Waals surface area contributed by atoms with E-state index in [1.807, 2.05) is 4.68 Å². The fourth-order valence-electron chi connectivity index (χ4n) is 3.16. The van der Waals surface area contributed by atoms with Crippen molar-refractivity contribution in [2.24, 2.45) is 0 Å². The summed E-state index contributed by atoms with van der Waals surface area (Å²) in [5.41, 5.74) is 1.39. The van der Waals surface area contributed by atoms with Crippen molar-refractivity contribution in [3.63, 3.8) is 0 Å². The normalized spacial score (nSPS) is 16.3. The van der Waals surface area contributed by atoms with Gasteiger partial charge in [0.1, 0.15) is 0 Å². The predicted molar refractivity (Wildman–Crippen MR) is 98.2 cm³/mol. The molecule has 1 fully saturated rings. The Morgan fingerprint density at radius 3 is 2.32 bits per heavy atom. The molecule has 0 bridgehead atoms. The van der Waals surface area contributed by atoms with Gasteiger partial charge in [0, 0.05) is 37.6 Å². The molecule has 130 valence electrons. The van der Waals surface area contributed by atoms with Crippen molar-refractivity contribution in [2.45, 2.75) is 19.6 Å². The lowest BCUT2D eigenvalue weighted by molar-refractivity contribution is 0.118. The first-order chi connectivity index (χ1) is 12.4. The Balaban J connectivity index is 1.30. The van der Waals surface area contributed by atoms with E-state index in [0.29, 0.717) is 0 Å². The maximum Gasteiger partial charge on any atom is 0.165 e. The van der Waals surface area contributed by atoms with Crippen molar-refractivity contribution >= 4 is 11.3 Å². The molecule has 1 aliphatic rings. The molecule has 0 saturated carbocycles. The van der Waals surface area contributed by atoms with Gasteiger partial charge in [-0.3, -0.25) is 9.80 Å². The van der Waals surface area contributed by atoms with E-state index in [4.69, 9.17) is 0 Å². The Labute approximate surface area is 151 Å². The molecular weight excluding hydrogens is 332 g/mol. The van der Waals surface area contributed by atoms with Gasteiger partial charge in [-0.05, 0) is 27.4 Å². The Morgan fingerprint density at radius 2 is 1.60 bits per heavy atom. The Morgan fingerprint density at radius 1 is 0.840 bits per heavy atom. The molecule has 0 aliphatic carbocycles. The lowest BCUT2D eigenvalue weighted by Gasteiger charge is -2.34. The van der Waals surface area contributed by atoms with Crippen molar-refractivity contribution in [1.82, 2.24) is 30.0 Å². The number of benzene rings is 1. The first-order valence-electron chi connectivity index (χ1n) is 8.63. The number of hydrogen-bond donors (Lipinski definition) is 0. The summed E-state index contributed by atoms with van der Waals surface area (Å²) in [6.45, 7) is 6.89. The molecule has 0 amide bonds. The molecule has 4 rings (SSSR count). The van der Waals surface area contributed by atoms with E-state index in [1.54, 1.807) is 11.3 Å². The lowest BCUT2D eigenvalue weighted by atomic mass is 10.2. The highest BCUT2D eigenvalue weighted by atomic mass is 32.1. The van der Waals surface area contributed by atoms with E-state index in [0.717, 1.165) is 51.6 Å². The van der Waals surface area contributed by atoms with Crippen LogP contribution in [0, 0.1) is 0 Å². The van der Waals surface area contributed by atoms with Gasteiger partial charge in [0.05, 0.1) is 13.1 Å². The highest BCUT2D eigenvalue weighted by Gasteiger charge is 2.19. The van der Waals surface area contributed by atoms with E-state index >= 15 is 0 Å². The Hall–Kier alpha value is -2.09. The standard InChI is InChI=1S/C18H22N6S/c1-2-5-16(6-3-1)13-22-8-10-23(11-9-22)15-18-19-20-21-24(18)14-17-7-4-12-25-17/h1-7,12H,8-11,13-15H2. The van der Waals surface area contributed by atoms with Crippen LogP contribution in [-0.4, -0.2) is 56.2 Å². The second kappa shape index (κ2) is 7.86. The van der Waals surface area contributed by atoms with Gasteiger partial charge in [0.2, 0.25) is 0 Å². The van der Waals surface area contributed by atoms with Crippen LogP contribution < -0.4 is 0 Å². The van der Waals surface area contributed by atoms with E-state index in [-0.39, 0.29) is 0 Å². The molecule has 1 aromatic carbocycles. The van der Waals surface area contributed by atoms with Gasteiger partial charge < -0.3 is 0 Å². The Bertz CT molecular complexity index is 762. The zero-order chi connectivity index (χ0) is 16.9. The molecule has 0 spiro atoms. The first-order valence-corrected chi connectivity index (χ1v) is 9.51. The molecule has 7 heteroatoms. The summed E-state index contributed by atoms with van der Waals surface area (Å²) in [6, 6.07) is 14.9. The largest absolute Gasteiger partial charge is 0.297 e. The van der Waals surface area contributed by atoms with Crippen LogP contribution in [0.15, 0.2) is 47.8 Å². The minimum absolute atomic E-state index is 0.758. The van der Waals surface area contributed by atoms with Crippen molar-refractivity contribution in [3.8, 4) is 0 Å². The summed E-state index contributed by atoms with van der Waals surface area (Å²) in [5.74, 6) is 0.949. The fourth-order valence-corrected chi connectivity index (χ4v) is 3.84. The summed E-state index contributed by atoms with van der Waals surface area (Å²) in [5, 5.41) is 14.3. The molecule has 0 atom stereocenters. The SMILES string of the molecule is c1ccc(CN2CCN(Cc3nnnn3Cc3cccs3)CC2)cc1. The average molecular weight is 354 g/mol. The summed E-state index contributed by atoms with van der Waals surface area (Å²) >= 11 is 1.74. The molecule has 25 heavy (non-hydrogen) atoms. The number of tetrazole rings is 1. The highest BCUT2D eigenvalue weighted by molar-refractivity contribution is 7.09. The molecule has 0 N–H and O–H groups in total. The molecular formula is C18H22N6S. The third-order valence-electron chi connectivity index (χ3n) is 4.57. The lowest BCUT2D eigenvalue weighted by Crippen LogP contribution is -2.45. The van der Waals surface area contributed by atoms with Crippen LogP contribution in [0.2, 0.25) is 0 Å². The molecule has 1 aliphatic heterocycles. The maximum absolute atomic E-state index is 4.23. The number of thiophene rings is 1. The molecule has 1 saturated heterocycles. The smallest absolute Gasteiger partial charge is 0.165 e. The van der Waals surface area contributed by atoms with Gasteiger partial charge in [-0.2, -0.15) is 0 Å². The Kier molecular flexibility index (Phi) is 5.15. The zero-order valence-corrected chi connectivity index (χ0v) is 15.0. The number of nitrogens with zero attached hydrogens (tertiary/aromatic N) is 6. The fraction of sp³-hybridized carbons (Fsp3) is 0.389. The molecule has 6 nitrogen and oxygen atoms in total. The van der Waals surface area contributed by atoms with Crippen molar-refractivity contribution < 1.29 is 0 Å². The number of aromatic nitrogens is 4. The van der Waals surface area contributed by atoms with E-state index in [9.17, 15) is 0 Å². The third-order valence-corrected chi connectivity index (χ3v) is 5.43. The van der Waals surface area contributed by atoms with Crippen LogP contribution in [0.3, 0.4) is 0 Å². The van der Waals surface area contributed by atoms with Crippen molar-refractivity contribution in [3.05, 3.63) is 64.1 Å². The summed E-state index contributed by atoms with van der Waals surface area (Å²) in [7, 11) is 0. The van der Waals surface area contributed by atoms with Crippen molar-refractivity contribution in [1.29, 1.82) is 0 Å². The van der Waals surface area contributed by atoms with Crippen LogP contribution in [0.1, 0.15) is 16.3 Å². The number of piperazine rings is 1. The molecule has 3 heterocycles. The van der Waals surface area contributed by atoms with Crippen LogP contribution in [0.4, 0.5) is 0 Å². The molecule has 2 aromatic heterocycles. The topological polar surface area (TPSA) is 50.1 Å². The van der Waals surface area contributed by atoms with Crippen LogP contribution in [0.25, 0.3) is 0 Å². The highest BCUT2D eigenvalue weighted by Crippen LogP contribution is 2.13. The molecule has 3 aromatic rings. The van der Waals surface area contributed by atoms with Crippen molar-refractivity contribution in [2.75, 3.05) is 26.2 Å². The molecule has 0 radical (unpaired) electrons. The average Bonchev–Trinajstić information content (AvgIpc) is 3.31. The number of rotatable bonds is 6. The van der Waals surface area contributed by atoms with Gasteiger partial charge in [-0.25, -0.2) is 4.68 Å². The molecule has 0 unspecified atom stereocenters. The predicted octanol–water partition coefficient (Wildman–Crippen LogP) is 2.10. The summed E-state index contributed by atoms with van der Waals surface area (Å²) in [6.07, 6.45) is 0. The quantitative estimate of drug-likeness (QED) is 0.678. The van der Waals surface area contributed by atoms with Crippen LogP contribution in [0.5, 0.6) is 0 Å². The van der Waals surface area contributed by atoms with Gasteiger partial charge in [-0.1, -0.05) is 36.4 Å². The van der Waals surface area contributed by atoms with Gasteiger partial charge in [0.25, 0.3) is 0 Å². The monoisotopic (exact) mass is 354 g/mol. The maximum atomic E-state index is 4.23. The van der Waals surface area contributed by atoms with Gasteiger partial charge in [-0.15, -0.1) is 16.4 Å². The summed E-state index contributed by atoms with van der Waals surface area (Å²) < 4.78 is 1.92. The minimum Gasteiger partial charge on any atom is -0.297 e. The minimum atomic E-state index is 0.758. The first kappa shape index (κ1) is 16.4. The second-order valence-corrected chi connectivity index (χ2v) is 7.40. The van der Waals surface area contributed by atoms with Gasteiger partial charge >= 0.3 is 0 Å². The third kappa shape index (κ3) is 4.31. The van der Waals surface area contributed by atoms with Crippen LogP contribution in [-0.2, 0) is 19.6 Å². The van der Waals surface area contributed by atoms with E-state index in [2.05, 4.69) is 73.2 Å². The van der Waals surface area contributed by atoms with E-state index in [1.165, 1.54) is 10.4 Å². The summed E-state index contributed by atoms with van der Waals surface area (Å²) in [4.78, 5) is 6.24.